The molecule has 0 amide bonds. The van der Waals surface area contributed by atoms with Crippen LogP contribution in [0.1, 0.15) is 65.2 Å². The molecule has 16 heavy (non-hydrogen) atoms. The van der Waals surface area contributed by atoms with Gasteiger partial charge in [0.15, 0.2) is 5.72 Å². The molecule has 0 aliphatic heterocycles. The van der Waals surface area contributed by atoms with Crippen LogP contribution in [0.25, 0.3) is 0 Å². The molecule has 0 aromatic heterocycles. The highest BCUT2D eigenvalue weighted by Crippen LogP contribution is 2.38. The Bertz CT molecular complexity index is 240. The van der Waals surface area contributed by atoms with Crippen LogP contribution in [0.15, 0.2) is 10.2 Å². The van der Waals surface area contributed by atoms with Crippen molar-refractivity contribution >= 4 is 0 Å². The zero-order valence-corrected chi connectivity index (χ0v) is 10.6. The van der Waals surface area contributed by atoms with E-state index < -0.39 is 0 Å². The van der Waals surface area contributed by atoms with Crippen LogP contribution in [0.5, 0.6) is 0 Å². The van der Waals surface area contributed by atoms with Crippen molar-refractivity contribution in [3.63, 3.8) is 0 Å². The van der Waals surface area contributed by atoms with E-state index >= 15 is 0 Å². The minimum atomic E-state index is -0.244. The van der Waals surface area contributed by atoms with Gasteiger partial charge in [-0.15, -0.1) is 0 Å². The summed E-state index contributed by atoms with van der Waals surface area (Å²) < 4.78 is 5.90. The Morgan fingerprint density at radius 2 is 1.75 bits per heavy atom. The lowest BCUT2D eigenvalue weighted by Crippen LogP contribution is -2.40. The van der Waals surface area contributed by atoms with E-state index in [0.717, 1.165) is 12.8 Å². The number of hydrogen-bond acceptors (Lipinski definition) is 3. The molecule has 0 unspecified atom stereocenters. The lowest BCUT2D eigenvalue weighted by Gasteiger charge is -2.38. The molecule has 2 fully saturated rings. The zero-order chi connectivity index (χ0) is 11.4. The van der Waals surface area contributed by atoms with E-state index in [2.05, 4.69) is 24.1 Å². The highest BCUT2D eigenvalue weighted by Gasteiger charge is 2.39. The van der Waals surface area contributed by atoms with Gasteiger partial charge in [0, 0.05) is 0 Å². The summed E-state index contributed by atoms with van der Waals surface area (Å²) in [4.78, 5) is 0. The van der Waals surface area contributed by atoms with E-state index in [4.69, 9.17) is 4.74 Å². The molecule has 0 bridgehead atoms. The molecule has 0 saturated heterocycles. The molecular formula is C13H24N2O. The van der Waals surface area contributed by atoms with Crippen LogP contribution in [0, 0.1) is 0 Å². The predicted octanol–water partition coefficient (Wildman–Crippen LogP) is 4.08. The SMILES string of the molecule is CC(C)OC1(/N=N/C2CCCCC2)CCC1. The van der Waals surface area contributed by atoms with Gasteiger partial charge in [-0.25, -0.2) is 0 Å². The van der Waals surface area contributed by atoms with Crippen LogP contribution in [0.2, 0.25) is 0 Å². The maximum Gasteiger partial charge on any atom is 0.179 e. The third-order valence-electron chi connectivity index (χ3n) is 3.57. The monoisotopic (exact) mass is 224 g/mol. The number of nitrogens with zero attached hydrogens (tertiary/aromatic N) is 2. The summed E-state index contributed by atoms with van der Waals surface area (Å²) in [6.45, 7) is 4.16. The molecule has 0 radical (unpaired) electrons. The summed E-state index contributed by atoms with van der Waals surface area (Å²) >= 11 is 0. The molecule has 0 spiro atoms. The molecule has 2 rings (SSSR count). The second-order valence-electron chi connectivity index (χ2n) is 5.47. The van der Waals surface area contributed by atoms with E-state index in [1.54, 1.807) is 0 Å². The van der Waals surface area contributed by atoms with Crippen LogP contribution < -0.4 is 0 Å². The van der Waals surface area contributed by atoms with E-state index in [-0.39, 0.29) is 11.8 Å². The van der Waals surface area contributed by atoms with E-state index in [1.807, 2.05) is 0 Å². The molecule has 2 saturated carbocycles. The van der Waals surface area contributed by atoms with E-state index in [9.17, 15) is 0 Å². The highest BCUT2D eigenvalue weighted by molar-refractivity contribution is 4.87. The third kappa shape index (κ3) is 3.03. The summed E-state index contributed by atoms with van der Waals surface area (Å²) in [5, 5.41) is 9.06. The van der Waals surface area contributed by atoms with Gasteiger partial charge in [-0.3, -0.25) is 0 Å². The standard InChI is InChI=1S/C13H24N2O/c1-11(2)16-13(9-6-10-13)15-14-12-7-4-3-5-8-12/h11-12H,3-10H2,1-2H3/b15-14+. The fourth-order valence-electron chi connectivity index (χ4n) is 2.54. The third-order valence-corrected chi connectivity index (χ3v) is 3.57. The van der Waals surface area contributed by atoms with Crippen molar-refractivity contribution < 1.29 is 4.74 Å². The van der Waals surface area contributed by atoms with Crippen LogP contribution in [-0.4, -0.2) is 17.9 Å². The molecule has 0 atom stereocenters. The summed E-state index contributed by atoms with van der Waals surface area (Å²) in [6.07, 6.45) is 10.1. The summed E-state index contributed by atoms with van der Waals surface area (Å²) in [5.74, 6) is 0. The number of hydrogen-bond donors (Lipinski definition) is 0. The number of azo groups is 1. The molecular weight excluding hydrogens is 200 g/mol. The lowest BCUT2D eigenvalue weighted by molar-refractivity contribution is -0.127. The van der Waals surface area contributed by atoms with E-state index in [1.165, 1.54) is 38.5 Å². The van der Waals surface area contributed by atoms with E-state index in [0.29, 0.717) is 6.04 Å². The van der Waals surface area contributed by atoms with Gasteiger partial charge in [0.1, 0.15) is 0 Å². The molecule has 3 nitrogen and oxygen atoms in total. The first kappa shape index (κ1) is 12.0. The van der Waals surface area contributed by atoms with Crippen LogP contribution in [-0.2, 0) is 4.74 Å². The fraction of sp³-hybridized carbons (Fsp3) is 1.00. The van der Waals surface area contributed by atoms with Gasteiger partial charge < -0.3 is 4.74 Å². The Labute approximate surface area is 98.7 Å². The van der Waals surface area contributed by atoms with Crippen molar-refractivity contribution in [1.29, 1.82) is 0 Å². The predicted molar refractivity (Wildman–Crippen MR) is 64.5 cm³/mol. The quantitative estimate of drug-likeness (QED) is 0.662. The summed E-state index contributed by atoms with van der Waals surface area (Å²) in [7, 11) is 0. The molecule has 0 aromatic rings. The Kier molecular flexibility index (Phi) is 3.95. The molecule has 0 aromatic carbocycles. The van der Waals surface area contributed by atoms with Gasteiger partial charge in [0.05, 0.1) is 12.1 Å². The van der Waals surface area contributed by atoms with Gasteiger partial charge in [0.2, 0.25) is 0 Å². The summed E-state index contributed by atoms with van der Waals surface area (Å²) in [5.41, 5.74) is -0.244. The minimum Gasteiger partial charge on any atom is -0.349 e. The maximum absolute atomic E-state index is 5.90. The first-order valence-electron chi connectivity index (χ1n) is 6.80. The number of ether oxygens (including phenoxy) is 1. The van der Waals surface area contributed by atoms with Gasteiger partial charge >= 0.3 is 0 Å². The van der Waals surface area contributed by atoms with Crippen LogP contribution in [0.4, 0.5) is 0 Å². The summed E-state index contributed by atoms with van der Waals surface area (Å²) in [6, 6.07) is 0.474. The highest BCUT2D eigenvalue weighted by atomic mass is 16.5. The van der Waals surface area contributed by atoms with Gasteiger partial charge in [-0.05, 0) is 46.0 Å². The first-order valence-corrected chi connectivity index (χ1v) is 6.80. The van der Waals surface area contributed by atoms with Crippen LogP contribution >= 0.6 is 0 Å². The Morgan fingerprint density at radius 1 is 1.06 bits per heavy atom. The van der Waals surface area contributed by atoms with Crippen molar-refractivity contribution in [3.8, 4) is 0 Å². The fourth-order valence-corrected chi connectivity index (χ4v) is 2.54. The molecule has 2 aliphatic rings. The Balaban J connectivity index is 1.87. The number of rotatable bonds is 4. The van der Waals surface area contributed by atoms with Crippen molar-refractivity contribution in [3.05, 3.63) is 0 Å². The lowest BCUT2D eigenvalue weighted by atomic mass is 9.88. The second kappa shape index (κ2) is 5.26. The van der Waals surface area contributed by atoms with Crippen molar-refractivity contribution in [2.24, 2.45) is 10.2 Å². The topological polar surface area (TPSA) is 34.0 Å². The second-order valence-corrected chi connectivity index (χ2v) is 5.47. The Hall–Kier alpha value is -0.440. The molecule has 92 valence electrons. The molecule has 0 N–H and O–H groups in total. The maximum atomic E-state index is 5.90. The van der Waals surface area contributed by atoms with Crippen molar-refractivity contribution in [2.45, 2.75) is 83.1 Å². The Morgan fingerprint density at radius 3 is 2.25 bits per heavy atom. The average Bonchev–Trinajstić information content (AvgIpc) is 2.23. The van der Waals surface area contributed by atoms with Crippen molar-refractivity contribution in [2.75, 3.05) is 0 Å². The van der Waals surface area contributed by atoms with Crippen molar-refractivity contribution in [1.82, 2.24) is 0 Å². The normalized spacial score (nSPS) is 26.2. The molecule has 3 heteroatoms. The first-order chi connectivity index (χ1) is 7.70. The molecule has 2 aliphatic carbocycles. The average molecular weight is 224 g/mol. The van der Waals surface area contributed by atoms with Gasteiger partial charge in [0.25, 0.3) is 0 Å². The smallest absolute Gasteiger partial charge is 0.179 e. The zero-order valence-electron chi connectivity index (χ0n) is 10.6. The molecule has 0 heterocycles. The van der Waals surface area contributed by atoms with Gasteiger partial charge in [-0.2, -0.15) is 10.2 Å². The van der Waals surface area contributed by atoms with Gasteiger partial charge in [-0.1, -0.05) is 19.3 Å². The van der Waals surface area contributed by atoms with Crippen LogP contribution in [0.3, 0.4) is 0 Å². The largest absolute Gasteiger partial charge is 0.349 e. The minimum absolute atomic E-state index is 0.244.